The van der Waals surface area contributed by atoms with E-state index in [9.17, 15) is 14.0 Å². The molecule has 3 heterocycles. The number of nitrogens with zero attached hydrogens (tertiary/aromatic N) is 3. The molecule has 0 radical (unpaired) electrons. The van der Waals surface area contributed by atoms with Crippen LogP contribution in [0, 0.1) is 12.7 Å². The first-order chi connectivity index (χ1) is 16.4. The molecule has 0 aliphatic heterocycles. The van der Waals surface area contributed by atoms with Crippen molar-refractivity contribution in [1.29, 1.82) is 0 Å². The molecule has 5 rings (SSSR count). The molecule has 0 saturated carbocycles. The molecule has 170 valence electrons. The summed E-state index contributed by atoms with van der Waals surface area (Å²) in [6.45, 7) is 1.49. The summed E-state index contributed by atoms with van der Waals surface area (Å²) >= 11 is 6.41. The number of para-hydroxylation sites is 1. The van der Waals surface area contributed by atoms with Gasteiger partial charge in [-0.15, -0.1) is 0 Å². The Labute approximate surface area is 196 Å². The quantitative estimate of drug-likeness (QED) is 0.290. The van der Waals surface area contributed by atoms with Crippen LogP contribution in [0.2, 0.25) is 5.15 Å². The molecule has 8 nitrogen and oxygen atoms in total. The maximum atomic E-state index is 13.2. The van der Waals surface area contributed by atoms with Gasteiger partial charge in [-0.1, -0.05) is 23.7 Å². The molecule has 3 aromatic heterocycles. The summed E-state index contributed by atoms with van der Waals surface area (Å²) in [7, 11) is 0. The van der Waals surface area contributed by atoms with E-state index in [1.807, 2.05) is 6.07 Å². The van der Waals surface area contributed by atoms with Gasteiger partial charge in [-0.2, -0.15) is 5.10 Å². The first-order valence-corrected chi connectivity index (χ1v) is 10.5. The first-order valence-electron chi connectivity index (χ1n) is 10.2. The number of nitrogens with one attached hydrogen (secondary N) is 1. The lowest BCUT2D eigenvalue weighted by atomic mass is 10.2. The molecule has 0 aliphatic carbocycles. The van der Waals surface area contributed by atoms with Crippen molar-refractivity contribution >= 4 is 45.7 Å². The smallest absolute Gasteiger partial charge is 0.331 e. The number of halogens is 2. The fourth-order valence-electron chi connectivity index (χ4n) is 3.51. The van der Waals surface area contributed by atoms with Crippen LogP contribution in [-0.2, 0) is 16.1 Å². The maximum Gasteiger partial charge on any atom is 0.331 e. The van der Waals surface area contributed by atoms with Crippen molar-refractivity contribution in [3.63, 3.8) is 0 Å². The molecule has 0 unspecified atom stereocenters. The number of benzene rings is 2. The summed E-state index contributed by atoms with van der Waals surface area (Å²) in [6, 6.07) is 12.8. The van der Waals surface area contributed by atoms with Crippen LogP contribution in [0.1, 0.15) is 17.1 Å². The standard InChI is InChI=1S/C24H16ClFN4O4/c1-13-16(23(25)30(29-13)15-8-6-14(26)7-9-15)10-11-20(31)33-12-19-27-21-17-4-2-3-5-18(17)34-22(21)24(32)28-19/h2-11H,12H2,1H3,(H,27,28,32)/b11-10+. The lowest BCUT2D eigenvalue weighted by molar-refractivity contribution is -0.139. The Morgan fingerprint density at radius 2 is 2.00 bits per heavy atom. The number of rotatable bonds is 5. The summed E-state index contributed by atoms with van der Waals surface area (Å²) in [5.74, 6) is -0.850. The molecule has 0 atom stereocenters. The van der Waals surface area contributed by atoms with E-state index in [1.54, 1.807) is 37.3 Å². The third-order valence-corrected chi connectivity index (χ3v) is 5.50. The minimum Gasteiger partial charge on any atom is -0.454 e. The summed E-state index contributed by atoms with van der Waals surface area (Å²) in [5.41, 5.74) is 2.26. The third kappa shape index (κ3) is 3.97. The molecule has 0 fully saturated rings. The number of esters is 1. The number of carbonyl (C=O) groups is 1. The number of H-pyrrole nitrogens is 1. The van der Waals surface area contributed by atoms with Gasteiger partial charge in [0, 0.05) is 17.0 Å². The van der Waals surface area contributed by atoms with Gasteiger partial charge in [0.05, 0.1) is 11.4 Å². The fraction of sp³-hybridized carbons (Fsp3) is 0.0833. The van der Waals surface area contributed by atoms with Crippen molar-refractivity contribution in [1.82, 2.24) is 19.7 Å². The number of hydrogen-bond acceptors (Lipinski definition) is 6. The Morgan fingerprint density at radius 1 is 1.24 bits per heavy atom. The fourth-order valence-corrected chi connectivity index (χ4v) is 3.84. The lowest BCUT2D eigenvalue weighted by Crippen LogP contribution is -2.13. The second-order valence-electron chi connectivity index (χ2n) is 7.41. The topological polar surface area (TPSA) is 103 Å². The summed E-state index contributed by atoms with van der Waals surface area (Å²) < 4.78 is 25.4. The number of aryl methyl sites for hydroxylation is 1. The molecule has 34 heavy (non-hydrogen) atoms. The molecule has 5 aromatic rings. The molecule has 1 N–H and O–H groups in total. The summed E-state index contributed by atoms with van der Waals surface area (Å²) in [4.78, 5) is 31.6. The number of carbonyl (C=O) groups excluding carboxylic acids is 1. The van der Waals surface area contributed by atoms with E-state index >= 15 is 0 Å². The summed E-state index contributed by atoms with van der Waals surface area (Å²) in [5, 5.41) is 5.29. The number of aromatic nitrogens is 4. The van der Waals surface area contributed by atoms with Gasteiger partial charge < -0.3 is 14.1 Å². The zero-order valence-corrected chi connectivity index (χ0v) is 18.5. The van der Waals surface area contributed by atoms with Crippen molar-refractivity contribution < 1.29 is 18.3 Å². The maximum absolute atomic E-state index is 13.2. The van der Waals surface area contributed by atoms with Crippen molar-refractivity contribution in [3.8, 4) is 5.69 Å². The van der Waals surface area contributed by atoms with Crippen LogP contribution in [0.25, 0.3) is 33.8 Å². The highest BCUT2D eigenvalue weighted by Crippen LogP contribution is 2.26. The van der Waals surface area contributed by atoms with E-state index in [0.717, 1.165) is 0 Å². The van der Waals surface area contributed by atoms with Crippen molar-refractivity contribution in [3.05, 3.63) is 93.0 Å². The highest BCUT2D eigenvalue weighted by atomic mass is 35.5. The van der Waals surface area contributed by atoms with Gasteiger partial charge in [0.2, 0.25) is 5.58 Å². The molecule has 10 heteroatoms. The highest BCUT2D eigenvalue weighted by Gasteiger charge is 2.15. The van der Waals surface area contributed by atoms with Crippen LogP contribution in [0.15, 0.2) is 63.8 Å². The van der Waals surface area contributed by atoms with Crippen LogP contribution in [0.5, 0.6) is 0 Å². The van der Waals surface area contributed by atoms with Crippen molar-refractivity contribution in [2.45, 2.75) is 13.5 Å². The van der Waals surface area contributed by atoms with Crippen LogP contribution in [0.3, 0.4) is 0 Å². The SMILES string of the molecule is Cc1nn(-c2ccc(F)cc2)c(Cl)c1/C=C/C(=O)OCc1nc2c(oc3ccccc32)c(=O)[nH]1. The van der Waals surface area contributed by atoms with Crippen LogP contribution in [-0.4, -0.2) is 25.7 Å². The zero-order chi connectivity index (χ0) is 23.8. The largest absolute Gasteiger partial charge is 0.454 e. The number of ether oxygens (including phenoxy) is 1. The Balaban J connectivity index is 1.33. The summed E-state index contributed by atoms with van der Waals surface area (Å²) in [6.07, 6.45) is 2.69. The Kier molecular flexibility index (Phi) is 5.46. The molecule has 0 spiro atoms. The van der Waals surface area contributed by atoms with E-state index in [2.05, 4.69) is 15.1 Å². The highest BCUT2D eigenvalue weighted by molar-refractivity contribution is 6.31. The molecule has 0 aliphatic rings. The van der Waals surface area contributed by atoms with Crippen molar-refractivity contribution in [2.75, 3.05) is 0 Å². The van der Waals surface area contributed by atoms with Gasteiger partial charge in [-0.25, -0.2) is 18.9 Å². The first kappa shape index (κ1) is 21.6. The van der Waals surface area contributed by atoms with Gasteiger partial charge in [0.1, 0.15) is 34.5 Å². The minimum absolute atomic E-state index is 0.111. The molecule has 0 amide bonds. The van der Waals surface area contributed by atoms with Gasteiger partial charge >= 0.3 is 5.97 Å². The number of aromatic amines is 1. The predicted octanol–water partition coefficient (Wildman–Crippen LogP) is 4.71. The lowest BCUT2D eigenvalue weighted by Gasteiger charge is -2.03. The average molecular weight is 479 g/mol. The van der Waals surface area contributed by atoms with E-state index in [4.69, 9.17) is 20.8 Å². The number of furan rings is 1. The molecule has 2 aromatic carbocycles. The third-order valence-electron chi connectivity index (χ3n) is 5.14. The van der Waals surface area contributed by atoms with Gasteiger partial charge in [-0.05, 0) is 49.4 Å². The van der Waals surface area contributed by atoms with E-state index in [-0.39, 0.29) is 29.0 Å². The number of fused-ring (bicyclic) bond motifs is 3. The zero-order valence-electron chi connectivity index (χ0n) is 17.7. The van der Waals surface area contributed by atoms with Gasteiger partial charge in [-0.3, -0.25) is 4.79 Å². The normalized spacial score (nSPS) is 11.6. The van der Waals surface area contributed by atoms with Crippen LogP contribution < -0.4 is 5.56 Å². The van der Waals surface area contributed by atoms with Gasteiger partial charge in [0.15, 0.2) is 0 Å². The number of hydrogen-bond donors (Lipinski definition) is 1. The Morgan fingerprint density at radius 3 is 2.79 bits per heavy atom. The monoisotopic (exact) mass is 478 g/mol. The van der Waals surface area contributed by atoms with E-state index < -0.39 is 11.5 Å². The molecular weight excluding hydrogens is 463 g/mol. The molecule has 0 saturated heterocycles. The van der Waals surface area contributed by atoms with Gasteiger partial charge in [0.25, 0.3) is 5.56 Å². The average Bonchev–Trinajstić information content (AvgIpc) is 3.34. The van der Waals surface area contributed by atoms with Crippen LogP contribution >= 0.6 is 11.6 Å². The van der Waals surface area contributed by atoms with Crippen LogP contribution in [0.4, 0.5) is 4.39 Å². The Bertz CT molecular complexity index is 1630. The molecular formula is C24H16ClFN4O4. The Hall–Kier alpha value is -4.24. The second kappa shape index (κ2) is 8.60. The van der Waals surface area contributed by atoms with E-state index in [0.29, 0.717) is 33.4 Å². The minimum atomic E-state index is -0.662. The predicted molar refractivity (Wildman–Crippen MR) is 124 cm³/mol. The van der Waals surface area contributed by atoms with E-state index in [1.165, 1.54) is 29.0 Å². The van der Waals surface area contributed by atoms with Crippen molar-refractivity contribution in [2.24, 2.45) is 0 Å². The molecule has 0 bridgehead atoms. The second-order valence-corrected chi connectivity index (χ2v) is 7.77.